The van der Waals surface area contributed by atoms with Crippen LogP contribution in [0.1, 0.15) is 13.8 Å². The van der Waals surface area contributed by atoms with E-state index in [1.165, 1.54) is 0 Å². The molecule has 0 spiro atoms. The van der Waals surface area contributed by atoms with Crippen LogP contribution in [0.4, 0.5) is 0 Å². The Labute approximate surface area is 131 Å². The summed E-state index contributed by atoms with van der Waals surface area (Å²) in [6.07, 6.45) is 3.19. The fourth-order valence-electron chi connectivity index (χ4n) is 1.81. The molecule has 0 aromatic carbocycles. The number of hydrogen-bond donors (Lipinski definition) is 1. The number of carbonyl (C=O) groups is 1. The molecule has 0 radical (unpaired) electrons. The van der Waals surface area contributed by atoms with Gasteiger partial charge in [0.05, 0.1) is 10.8 Å². The molecule has 21 heavy (non-hydrogen) atoms. The summed E-state index contributed by atoms with van der Waals surface area (Å²) in [5, 5.41) is 18.1. The van der Waals surface area contributed by atoms with E-state index in [0.717, 1.165) is 17.3 Å². The number of pyridine rings is 1. The molecule has 2 rings (SSSR count). The van der Waals surface area contributed by atoms with Gasteiger partial charge in [0.25, 0.3) is 0 Å². The first-order valence-corrected chi connectivity index (χ1v) is 7.73. The zero-order valence-electron chi connectivity index (χ0n) is 11.7. The lowest BCUT2D eigenvalue weighted by Gasteiger charge is -2.12. The van der Waals surface area contributed by atoms with Gasteiger partial charge in [0.15, 0.2) is 11.0 Å². The van der Waals surface area contributed by atoms with Crippen LogP contribution in [0, 0.1) is 5.92 Å². The lowest BCUT2D eigenvalue weighted by atomic mass is 10.2. The number of rotatable bonds is 6. The van der Waals surface area contributed by atoms with Crippen molar-refractivity contribution in [3.63, 3.8) is 0 Å². The first kappa shape index (κ1) is 15.8. The molecule has 2 aromatic rings. The maximum absolute atomic E-state index is 10.7. The Bertz CT molecular complexity index is 645. The lowest BCUT2D eigenvalue weighted by molar-refractivity contribution is -0.133. The van der Waals surface area contributed by atoms with Crippen molar-refractivity contribution in [2.24, 2.45) is 5.92 Å². The van der Waals surface area contributed by atoms with Gasteiger partial charge in [0.1, 0.15) is 0 Å². The monoisotopic (exact) mass is 326 g/mol. The van der Waals surface area contributed by atoms with Crippen molar-refractivity contribution in [3.8, 4) is 11.4 Å². The van der Waals surface area contributed by atoms with Crippen molar-refractivity contribution in [2.75, 3.05) is 5.75 Å². The second-order valence-electron chi connectivity index (χ2n) is 4.85. The predicted molar refractivity (Wildman–Crippen MR) is 81.5 cm³/mol. The minimum atomic E-state index is -0.886. The molecule has 6 nitrogen and oxygen atoms in total. The Hall–Kier alpha value is -1.60. The van der Waals surface area contributed by atoms with Gasteiger partial charge in [0, 0.05) is 24.5 Å². The molecule has 0 unspecified atom stereocenters. The first-order valence-electron chi connectivity index (χ1n) is 6.36. The summed E-state index contributed by atoms with van der Waals surface area (Å²) in [5.41, 5.74) is 0.738. The minimum Gasteiger partial charge on any atom is -0.481 e. The van der Waals surface area contributed by atoms with Crippen LogP contribution in [-0.2, 0) is 11.3 Å². The number of halogens is 1. The summed E-state index contributed by atoms with van der Waals surface area (Å²) in [6, 6.07) is 1.77. The summed E-state index contributed by atoms with van der Waals surface area (Å²) in [6.45, 7) is 4.83. The Morgan fingerprint density at radius 1 is 1.48 bits per heavy atom. The molecule has 0 bridgehead atoms. The molecule has 1 N–H and O–H groups in total. The largest absolute Gasteiger partial charge is 0.481 e. The topological polar surface area (TPSA) is 80.9 Å². The van der Waals surface area contributed by atoms with Gasteiger partial charge in [-0.3, -0.25) is 9.78 Å². The smallest absolute Gasteiger partial charge is 0.313 e. The number of carboxylic acid groups (broad SMARTS) is 1. The van der Waals surface area contributed by atoms with Crippen LogP contribution in [0.15, 0.2) is 23.6 Å². The number of aliphatic carboxylic acids is 1. The molecular weight excluding hydrogens is 312 g/mol. The molecular formula is C13H15ClN4O2S. The standard InChI is InChI=1S/C13H15ClN4O2S/c1-8(2)6-18-12(9-3-4-15-5-10(9)14)16-17-13(18)21-7-11(19)20/h3-5,8H,6-7H2,1-2H3,(H,19,20). The van der Waals surface area contributed by atoms with Crippen LogP contribution in [0.5, 0.6) is 0 Å². The third kappa shape index (κ3) is 3.95. The van der Waals surface area contributed by atoms with E-state index in [1.54, 1.807) is 18.5 Å². The molecule has 112 valence electrons. The zero-order chi connectivity index (χ0) is 15.4. The van der Waals surface area contributed by atoms with Crippen LogP contribution in [-0.4, -0.2) is 36.6 Å². The summed E-state index contributed by atoms with van der Waals surface area (Å²) >= 11 is 7.31. The average molecular weight is 327 g/mol. The highest BCUT2D eigenvalue weighted by Gasteiger charge is 2.18. The van der Waals surface area contributed by atoms with Crippen molar-refractivity contribution in [1.29, 1.82) is 0 Å². The van der Waals surface area contributed by atoms with Crippen molar-refractivity contribution in [1.82, 2.24) is 19.7 Å². The molecule has 0 saturated carbocycles. The lowest BCUT2D eigenvalue weighted by Crippen LogP contribution is -2.09. The molecule has 2 aromatic heterocycles. The highest BCUT2D eigenvalue weighted by molar-refractivity contribution is 7.99. The Kier molecular flexibility index (Phi) is 5.19. The molecule has 2 heterocycles. The second-order valence-corrected chi connectivity index (χ2v) is 6.20. The first-order chi connectivity index (χ1) is 9.99. The fraction of sp³-hybridized carbons (Fsp3) is 0.385. The SMILES string of the molecule is CC(C)Cn1c(SCC(=O)O)nnc1-c1ccncc1Cl. The summed E-state index contributed by atoms with van der Waals surface area (Å²) in [5.74, 6) is 0.0523. The van der Waals surface area contributed by atoms with Crippen molar-refractivity contribution in [3.05, 3.63) is 23.5 Å². The number of nitrogens with zero attached hydrogens (tertiary/aromatic N) is 4. The zero-order valence-corrected chi connectivity index (χ0v) is 13.2. The predicted octanol–water partition coefficient (Wildman–Crippen LogP) is 2.83. The number of carboxylic acids is 1. The van der Waals surface area contributed by atoms with Crippen LogP contribution < -0.4 is 0 Å². The Morgan fingerprint density at radius 2 is 2.24 bits per heavy atom. The van der Waals surface area contributed by atoms with E-state index in [9.17, 15) is 4.79 Å². The highest BCUT2D eigenvalue weighted by Crippen LogP contribution is 2.29. The summed E-state index contributed by atoms with van der Waals surface area (Å²) in [4.78, 5) is 14.7. The van der Waals surface area contributed by atoms with Gasteiger partial charge in [-0.15, -0.1) is 10.2 Å². The van der Waals surface area contributed by atoms with Gasteiger partial charge in [-0.1, -0.05) is 37.2 Å². The molecule has 0 aliphatic rings. The number of aromatic nitrogens is 4. The van der Waals surface area contributed by atoms with E-state index in [0.29, 0.717) is 28.5 Å². The van der Waals surface area contributed by atoms with Gasteiger partial charge >= 0.3 is 5.97 Å². The van der Waals surface area contributed by atoms with Crippen LogP contribution in [0.3, 0.4) is 0 Å². The summed E-state index contributed by atoms with van der Waals surface area (Å²) < 4.78 is 1.90. The molecule has 0 aliphatic heterocycles. The van der Waals surface area contributed by atoms with Gasteiger partial charge in [0.2, 0.25) is 0 Å². The normalized spacial score (nSPS) is 11.0. The van der Waals surface area contributed by atoms with E-state index < -0.39 is 5.97 Å². The Balaban J connectivity index is 2.41. The third-order valence-electron chi connectivity index (χ3n) is 2.60. The third-order valence-corrected chi connectivity index (χ3v) is 3.86. The average Bonchev–Trinajstić information content (AvgIpc) is 2.79. The number of hydrogen-bond acceptors (Lipinski definition) is 5. The van der Waals surface area contributed by atoms with Gasteiger partial charge in [-0.05, 0) is 12.0 Å². The number of thioether (sulfide) groups is 1. The molecule has 0 amide bonds. The van der Waals surface area contributed by atoms with Gasteiger partial charge in [-0.25, -0.2) is 0 Å². The molecule has 0 aliphatic carbocycles. The van der Waals surface area contributed by atoms with Gasteiger partial charge in [-0.2, -0.15) is 0 Å². The van der Waals surface area contributed by atoms with E-state index >= 15 is 0 Å². The van der Waals surface area contributed by atoms with E-state index in [2.05, 4.69) is 29.0 Å². The Morgan fingerprint density at radius 3 is 2.86 bits per heavy atom. The van der Waals surface area contributed by atoms with Crippen molar-refractivity contribution in [2.45, 2.75) is 25.5 Å². The van der Waals surface area contributed by atoms with Crippen molar-refractivity contribution >= 4 is 29.3 Å². The van der Waals surface area contributed by atoms with E-state index in [1.807, 2.05) is 4.57 Å². The quantitative estimate of drug-likeness (QED) is 0.822. The van der Waals surface area contributed by atoms with Crippen molar-refractivity contribution < 1.29 is 9.90 Å². The minimum absolute atomic E-state index is 0.0553. The maximum Gasteiger partial charge on any atom is 0.313 e. The van der Waals surface area contributed by atoms with Crippen LogP contribution in [0.2, 0.25) is 5.02 Å². The van der Waals surface area contributed by atoms with Gasteiger partial charge < -0.3 is 9.67 Å². The molecule has 0 saturated heterocycles. The molecule has 0 fully saturated rings. The highest BCUT2D eigenvalue weighted by atomic mass is 35.5. The van der Waals surface area contributed by atoms with Crippen LogP contribution >= 0.6 is 23.4 Å². The van der Waals surface area contributed by atoms with E-state index in [4.69, 9.17) is 16.7 Å². The second kappa shape index (κ2) is 6.91. The van der Waals surface area contributed by atoms with Crippen LogP contribution in [0.25, 0.3) is 11.4 Å². The maximum atomic E-state index is 10.7. The molecule has 0 atom stereocenters. The van der Waals surface area contributed by atoms with E-state index in [-0.39, 0.29) is 5.75 Å². The molecule has 8 heteroatoms. The summed E-state index contributed by atoms with van der Waals surface area (Å²) in [7, 11) is 0. The fourth-order valence-corrected chi connectivity index (χ4v) is 2.68.